The van der Waals surface area contributed by atoms with Crippen molar-refractivity contribution in [1.82, 2.24) is 4.90 Å². The average Bonchev–Trinajstić information content (AvgIpc) is 3.33. The maximum Gasteiger partial charge on any atom is 0.308 e. The second kappa shape index (κ2) is 10.4. The minimum absolute atomic E-state index is 0.0692. The van der Waals surface area contributed by atoms with Gasteiger partial charge >= 0.3 is 5.97 Å². The molecule has 1 fully saturated rings. The number of nitrogens with zero attached hydrogens (tertiary/aromatic N) is 3. The molecule has 8 heteroatoms. The second-order valence-electron chi connectivity index (χ2n) is 11.8. The van der Waals surface area contributed by atoms with E-state index in [0.29, 0.717) is 22.6 Å². The molecule has 43 heavy (non-hydrogen) atoms. The molecule has 0 N–H and O–H groups in total. The Morgan fingerprint density at radius 3 is 2.44 bits per heavy atom. The van der Waals surface area contributed by atoms with Crippen LogP contribution in [-0.2, 0) is 39.3 Å². The summed E-state index contributed by atoms with van der Waals surface area (Å²) in [5.41, 5.74) is 4.41. The minimum Gasteiger partial charge on any atom is -0.454 e. The number of likely N-dealkylation sites (tertiary alicyclic amines) is 1. The number of esters is 1. The van der Waals surface area contributed by atoms with Crippen molar-refractivity contribution in [3.8, 4) is 23.6 Å². The van der Waals surface area contributed by atoms with Crippen molar-refractivity contribution in [2.45, 2.75) is 56.3 Å². The molecule has 5 atom stereocenters. The Morgan fingerprint density at radius 1 is 1.02 bits per heavy atom. The minimum atomic E-state index is -1.28. The van der Waals surface area contributed by atoms with E-state index < -0.39 is 23.3 Å². The molecule has 2 bridgehead atoms. The van der Waals surface area contributed by atoms with Crippen LogP contribution in [0.25, 0.3) is 0 Å². The van der Waals surface area contributed by atoms with Gasteiger partial charge in [-0.1, -0.05) is 42.5 Å². The van der Waals surface area contributed by atoms with Crippen LogP contribution < -0.4 is 9.47 Å². The van der Waals surface area contributed by atoms with Crippen molar-refractivity contribution in [2.24, 2.45) is 5.92 Å². The van der Waals surface area contributed by atoms with Gasteiger partial charge in [-0.15, -0.1) is 0 Å². The van der Waals surface area contributed by atoms with Gasteiger partial charge in [-0.2, -0.15) is 10.5 Å². The smallest absolute Gasteiger partial charge is 0.308 e. The van der Waals surface area contributed by atoms with E-state index in [2.05, 4.69) is 42.3 Å². The van der Waals surface area contributed by atoms with Crippen LogP contribution in [0.5, 0.6) is 11.5 Å². The van der Waals surface area contributed by atoms with E-state index in [-0.39, 0.29) is 25.2 Å². The van der Waals surface area contributed by atoms with Gasteiger partial charge in [-0.3, -0.25) is 4.79 Å². The number of piperidine rings is 1. The molecule has 8 nitrogen and oxygen atoms in total. The first-order valence-corrected chi connectivity index (χ1v) is 14.5. The molecule has 2 aliphatic carbocycles. The van der Waals surface area contributed by atoms with Crippen molar-refractivity contribution in [2.75, 3.05) is 13.6 Å². The quantitative estimate of drug-likeness (QED) is 0.223. The van der Waals surface area contributed by atoms with Gasteiger partial charge in [0.1, 0.15) is 6.10 Å². The van der Waals surface area contributed by atoms with E-state index in [0.717, 1.165) is 41.6 Å². The van der Waals surface area contributed by atoms with Crippen molar-refractivity contribution < 1.29 is 23.7 Å². The average molecular weight is 574 g/mol. The Kier molecular flexibility index (Phi) is 6.59. The fourth-order valence-corrected chi connectivity index (χ4v) is 7.71. The van der Waals surface area contributed by atoms with Gasteiger partial charge in [0.2, 0.25) is 0 Å². The van der Waals surface area contributed by atoms with Crippen LogP contribution in [0.1, 0.15) is 46.7 Å². The molecule has 0 aromatic heterocycles. The number of likely N-dealkylation sites (N-methyl/N-ethyl adjacent to an activating group) is 1. The molecule has 0 amide bonds. The molecule has 7 rings (SSSR count). The zero-order chi connectivity index (χ0) is 29.8. The molecular formula is C35H31N3O5. The van der Waals surface area contributed by atoms with Gasteiger partial charge in [-0.25, -0.2) is 0 Å². The molecule has 2 aliphatic heterocycles. The van der Waals surface area contributed by atoms with Crippen LogP contribution in [-0.4, -0.2) is 42.4 Å². The van der Waals surface area contributed by atoms with E-state index in [4.69, 9.17) is 18.9 Å². The van der Waals surface area contributed by atoms with Gasteiger partial charge in [0, 0.05) is 24.4 Å². The van der Waals surface area contributed by atoms with E-state index in [1.807, 2.05) is 42.5 Å². The first-order valence-electron chi connectivity index (χ1n) is 14.5. The third-order valence-corrected chi connectivity index (χ3v) is 9.48. The zero-order valence-electron chi connectivity index (χ0n) is 24.1. The monoisotopic (exact) mass is 573 g/mol. The Balaban J connectivity index is 1.37. The fraction of sp³-hybridized carbons (Fsp3) is 0.343. The SMILES string of the molecule is CC(=O)Oc1ccc2c3c1OC1(OCc4cccc(C#N)c4)C(OCc4cccc(C#N)c4)C=C[C@H]4[C@@H](C2)N(C)CC[C@@]341. The number of nitriles is 2. The molecule has 3 aromatic carbocycles. The predicted octanol–water partition coefficient (Wildman–Crippen LogP) is 4.93. The fourth-order valence-electron chi connectivity index (χ4n) is 7.71. The maximum absolute atomic E-state index is 12.2. The largest absolute Gasteiger partial charge is 0.454 e. The third kappa shape index (κ3) is 4.17. The molecule has 0 radical (unpaired) electrons. The number of ether oxygens (including phenoxy) is 4. The number of hydrogen-bond donors (Lipinski definition) is 0. The number of hydrogen-bond acceptors (Lipinski definition) is 8. The Hall–Kier alpha value is -4.47. The zero-order valence-corrected chi connectivity index (χ0v) is 24.1. The van der Waals surface area contributed by atoms with Crippen LogP contribution in [0, 0.1) is 28.6 Å². The van der Waals surface area contributed by atoms with Crippen LogP contribution in [0.4, 0.5) is 0 Å². The van der Waals surface area contributed by atoms with E-state index >= 15 is 0 Å². The Labute approximate surface area is 250 Å². The molecule has 2 unspecified atom stereocenters. The molecule has 1 saturated heterocycles. The first-order chi connectivity index (χ1) is 20.9. The topological polar surface area (TPSA) is 105 Å². The van der Waals surface area contributed by atoms with E-state index in [9.17, 15) is 15.3 Å². The lowest BCUT2D eigenvalue weighted by Gasteiger charge is -2.60. The Morgan fingerprint density at radius 2 is 1.74 bits per heavy atom. The van der Waals surface area contributed by atoms with Gasteiger partial charge in [0.05, 0.1) is 41.9 Å². The standard InChI is InChI=1S/C35H31N3O5/c1-22(39)42-30-11-9-27-17-29-28-10-12-31(40-20-25-7-3-5-23(15-25)18-36)35(41-21-26-8-4-6-24(16-26)19-37)34(28,13-14-38(29)2)32(27)33(30)43-35/h3-12,15-16,28-29,31H,13-14,17,20-21H2,1-2H3/t28-,29+,31?,34-,35?/m0/s1. The Bertz CT molecular complexity index is 1740. The van der Waals surface area contributed by atoms with Crippen molar-refractivity contribution in [3.05, 3.63) is 106 Å². The number of rotatable bonds is 7. The van der Waals surface area contributed by atoms with E-state index in [1.165, 1.54) is 6.92 Å². The summed E-state index contributed by atoms with van der Waals surface area (Å²) in [6.07, 6.45) is 5.28. The van der Waals surface area contributed by atoms with Crippen LogP contribution in [0.15, 0.2) is 72.8 Å². The summed E-state index contributed by atoms with van der Waals surface area (Å²) in [7, 11) is 2.17. The van der Waals surface area contributed by atoms with Gasteiger partial charge < -0.3 is 23.8 Å². The third-order valence-electron chi connectivity index (χ3n) is 9.48. The van der Waals surface area contributed by atoms with Crippen molar-refractivity contribution in [1.29, 1.82) is 10.5 Å². The molecule has 1 spiro atoms. The van der Waals surface area contributed by atoms with Gasteiger partial charge in [-0.05, 0) is 73.5 Å². The highest BCUT2D eigenvalue weighted by Crippen LogP contribution is 2.67. The molecule has 4 aliphatic rings. The number of carbonyl (C=O) groups is 1. The lowest BCUT2D eigenvalue weighted by molar-refractivity contribution is -0.292. The predicted molar refractivity (Wildman–Crippen MR) is 156 cm³/mol. The maximum atomic E-state index is 12.2. The summed E-state index contributed by atoms with van der Waals surface area (Å²) in [6, 6.07) is 23.2. The summed E-state index contributed by atoms with van der Waals surface area (Å²) < 4.78 is 26.4. The molecule has 0 saturated carbocycles. The summed E-state index contributed by atoms with van der Waals surface area (Å²) >= 11 is 0. The molecule has 216 valence electrons. The highest BCUT2D eigenvalue weighted by molar-refractivity contribution is 5.73. The molecular weight excluding hydrogens is 542 g/mol. The van der Waals surface area contributed by atoms with Crippen LogP contribution in [0.2, 0.25) is 0 Å². The van der Waals surface area contributed by atoms with Crippen LogP contribution in [0.3, 0.4) is 0 Å². The van der Waals surface area contributed by atoms with Gasteiger partial charge in [0.15, 0.2) is 11.5 Å². The summed E-state index contributed by atoms with van der Waals surface area (Å²) in [6.45, 7) is 2.65. The van der Waals surface area contributed by atoms with Gasteiger partial charge in [0.25, 0.3) is 5.79 Å². The highest BCUT2D eigenvalue weighted by Gasteiger charge is 2.74. The number of carbonyl (C=O) groups excluding carboxylic acids is 1. The van der Waals surface area contributed by atoms with Crippen molar-refractivity contribution >= 4 is 5.97 Å². The normalized spacial score (nSPS) is 27.9. The second-order valence-corrected chi connectivity index (χ2v) is 11.8. The summed E-state index contributed by atoms with van der Waals surface area (Å²) in [5, 5.41) is 18.9. The summed E-state index contributed by atoms with van der Waals surface area (Å²) in [4.78, 5) is 14.6. The van der Waals surface area contributed by atoms with Crippen LogP contribution >= 0.6 is 0 Å². The molecule has 2 heterocycles. The highest BCUT2D eigenvalue weighted by atomic mass is 16.7. The summed E-state index contributed by atoms with van der Waals surface area (Å²) in [5.74, 6) is -0.724. The van der Waals surface area contributed by atoms with Crippen molar-refractivity contribution in [3.63, 3.8) is 0 Å². The van der Waals surface area contributed by atoms with E-state index in [1.54, 1.807) is 12.1 Å². The first kappa shape index (κ1) is 27.4. The number of benzene rings is 3. The lowest BCUT2D eigenvalue weighted by Crippen LogP contribution is -2.72. The lowest BCUT2D eigenvalue weighted by atomic mass is 9.52. The molecule has 3 aromatic rings.